The first-order valence-electron chi connectivity index (χ1n) is 8.51. The Balaban J connectivity index is 2.20. The van der Waals surface area contributed by atoms with Crippen LogP contribution < -0.4 is 5.32 Å². The SMILES string of the molecule is COC(=O)[C@]1([C@@H](CN([O-])O)c2ccco2)C(=O)NC[C@H]1c1ccc(C)cc1. The van der Waals surface area contributed by atoms with Crippen molar-refractivity contribution in [2.24, 2.45) is 5.41 Å². The van der Waals surface area contributed by atoms with E-state index in [1.807, 2.05) is 31.2 Å². The molecule has 1 amide bonds. The van der Waals surface area contributed by atoms with Gasteiger partial charge in [0.15, 0.2) is 5.41 Å². The molecule has 2 aromatic rings. The van der Waals surface area contributed by atoms with E-state index >= 15 is 0 Å². The highest BCUT2D eigenvalue weighted by Gasteiger charge is 2.63. The Morgan fingerprint density at radius 3 is 2.70 bits per heavy atom. The van der Waals surface area contributed by atoms with Crippen molar-refractivity contribution >= 4 is 11.9 Å². The minimum atomic E-state index is -1.76. The van der Waals surface area contributed by atoms with Gasteiger partial charge in [-0.1, -0.05) is 29.8 Å². The summed E-state index contributed by atoms with van der Waals surface area (Å²) in [5.74, 6) is -2.76. The molecule has 1 fully saturated rings. The zero-order chi connectivity index (χ0) is 19.6. The van der Waals surface area contributed by atoms with Crippen molar-refractivity contribution < 1.29 is 24.0 Å². The van der Waals surface area contributed by atoms with Gasteiger partial charge in [0.2, 0.25) is 5.91 Å². The number of methoxy groups -OCH3 is 1. The van der Waals surface area contributed by atoms with Gasteiger partial charge in [0.1, 0.15) is 5.76 Å². The number of carbonyl (C=O) groups excluding carboxylic acids is 2. The first kappa shape index (κ1) is 19.1. The number of esters is 1. The summed E-state index contributed by atoms with van der Waals surface area (Å²) in [5, 5.41) is 23.3. The number of hydrogen-bond acceptors (Lipinski definition) is 7. The molecule has 1 aliphatic rings. The second kappa shape index (κ2) is 7.51. The second-order valence-electron chi connectivity index (χ2n) is 6.64. The van der Waals surface area contributed by atoms with E-state index < -0.39 is 35.7 Å². The summed E-state index contributed by atoms with van der Waals surface area (Å²) in [7, 11) is 1.19. The third-order valence-electron chi connectivity index (χ3n) is 5.17. The summed E-state index contributed by atoms with van der Waals surface area (Å²) >= 11 is 0. The van der Waals surface area contributed by atoms with E-state index in [4.69, 9.17) is 9.15 Å². The van der Waals surface area contributed by atoms with Crippen LogP contribution in [-0.2, 0) is 14.3 Å². The van der Waals surface area contributed by atoms with Crippen molar-refractivity contribution in [3.05, 3.63) is 64.8 Å². The largest absolute Gasteiger partial charge is 0.762 e. The minimum Gasteiger partial charge on any atom is -0.762 e. The predicted octanol–water partition coefficient (Wildman–Crippen LogP) is 1.93. The van der Waals surface area contributed by atoms with Gasteiger partial charge in [-0.2, -0.15) is 0 Å². The van der Waals surface area contributed by atoms with E-state index in [1.54, 1.807) is 12.1 Å². The zero-order valence-corrected chi connectivity index (χ0v) is 15.0. The van der Waals surface area contributed by atoms with Crippen LogP contribution in [0.4, 0.5) is 0 Å². The van der Waals surface area contributed by atoms with Gasteiger partial charge in [0.25, 0.3) is 0 Å². The molecular weight excluding hydrogens is 352 g/mol. The van der Waals surface area contributed by atoms with E-state index in [2.05, 4.69) is 5.32 Å². The van der Waals surface area contributed by atoms with Crippen LogP contribution in [0.2, 0.25) is 0 Å². The molecular formula is C19H21N2O6-. The molecule has 0 radical (unpaired) electrons. The van der Waals surface area contributed by atoms with Crippen molar-refractivity contribution in [3.63, 3.8) is 0 Å². The molecule has 1 aliphatic heterocycles. The molecule has 0 aliphatic carbocycles. The van der Waals surface area contributed by atoms with Gasteiger partial charge in [-0.05, 0) is 24.6 Å². The molecule has 0 unspecified atom stereocenters. The Kier molecular flexibility index (Phi) is 5.31. The van der Waals surface area contributed by atoms with Gasteiger partial charge < -0.3 is 24.9 Å². The lowest BCUT2D eigenvalue weighted by atomic mass is 9.64. The van der Waals surface area contributed by atoms with E-state index in [9.17, 15) is 20.0 Å². The summed E-state index contributed by atoms with van der Waals surface area (Å²) in [6.45, 7) is 1.60. The number of furan rings is 1. The predicted molar refractivity (Wildman–Crippen MR) is 94.7 cm³/mol. The normalized spacial score (nSPS) is 23.3. The number of rotatable bonds is 6. The third-order valence-corrected chi connectivity index (χ3v) is 5.17. The van der Waals surface area contributed by atoms with Crippen molar-refractivity contribution in [1.82, 2.24) is 10.5 Å². The van der Waals surface area contributed by atoms with Gasteiger partial charge in [-0.25, -0.2) is 0 Å². The molecule has 1 aromatic carbocycles. The molecule has 1 saturated heterocycles. The lowest BCUT2D eigenvalue weighted by molar-refractivity contribution is -0.162. The Hall–Kier alpha value is -2.68. The average molecular weight is 373 g/mol. The fourth-order valence-electron chi connectivity index (χ4n) is 3.89. The van der Waals surface area contributed by atoms with Gasteiger partial charge in [0.05, 0.1) is 19.3 Å². The van der Waals surface area contributed by atoms with Gasteiger partial charge >= 0.3 is 5.97 Å². The maximum absolute atomic E-state index is 13.0. The summed E-state index contributed by atoms with van der Waals surface area (Å²) in [6, 6.07) is 10.6. The van der Waals surface area contributed by atoms with Crippen molar-refractivity contribution in [2.75, 3.05) is 20.2 Å². The molecule has 0 spiro atoms. The summed E-state index contributed by atoms with van der Waals surface area (Å²) < 4.78 is 10.4. The molecule has 144 valence electrons. The van der Waals surface area contributed by atoms with Gasteiger partial charge in [-0.15, -0.1) is 0 Å². The molecule has 0 bridgehead atoms. The first-order valence-corrected chi connectivity index (χ1v) is 8.51. The topological polar surface area (TPSA) is 115 Å². The van der Waals surface area contributed by atoms with Crippen LogP contribution >= 0.6 is 0 Å². The number of ether oxygens (including phenoxy) is 1. The fourth-order valence-corrected chi connectivity index (χ4v) is 3.89. The van der Waals surface area contributed by atoms with E-state index in [0.717, 1.165) is 11.1 Å². The summed E-state index contributed by atoms with van der Waals surface area (Å²) in [6.07, 6.45) is 1.38. The van der Waals surface area contributed by atoms with Crippen LogP contribution in [0.5, 0.6) is 0 Å². The second-order valence-corrected chi connectivity index (χ2v) is 6.64. The Morgan fingerprint density at radius 2 is 2.15 bits per heavy atom. The van der Waals surface area contributed by atoms with Crippen LogP contribution in [0.1, 0.15) is 28.7 Å². The molecule has 8 nitrogen and oxygen atoms in total. The number of hydroxylamine groups is 2. The molecule has 27 heavy (non-hydrogen) atoms. The maximum Gasteiger partial charge on any atom is 0.322 e. The van der Waals surface area contributed by atoms with Crippen LogP contribution in [0.15, 0.2) is 47.1 Å². The number of hydrogen-bond donors (Lipinski definition) is 2. The minimum absolute atomic E-state index is 0.193. The molecule has 2 N–H and O–H groups in total. The number of nitrogens with one attached hydrogen (secondary N) is 1. The third kappa shape index (κ3) is 3.23. The molecule has 2 heterocycles. The average Bonchev–Trinajstić information content (AvgIpc) is 3.28. The Bertz CT molecular complexity index is 802. The quantitative estimate of drug-likeness (QED) is 0.452. The Morgan fingerprint density at radius 1 is 1.44 bits per heavy atom. The summed E-state index contributed by atoms with van der Waals surface area (Å²) in [4.78, 5) is 26.0. The summed E-state index contributed by atoms with van der Waals surface area (Å²) in [5.41, 5.74) is 0.0208. The van der Waals surface area contributed by atoms with E-state index in [0.29, 0.717) is 0 Å². The molecule has 8 heteroatoms. The standard InChI is InChI=1S/C19H21N2O6/c1-12-5-7-13(8-6-12)14-10-20-17(22)19(14,18(23)26-2)15(11-21(24)25)16-4-3-9-27-16/h3-9,14-15,24H,10-11H2,1-2H3,(H,20,22)/q-1/t14-,15-,19+/m0/s1. The van der Waals surface area contributed by atoms with Crippen LogP contribution in [0.25, 0.3) is 0 Å². The molecule has 0 saturated carbocycles. The maximum atomic E-state index is 13.0. The van der Waals surface area contributed by atoms with Crippen molar-refractivity contribution in [1.29, 1.82) is 0 Å². The van der Waals surface area contributed by atoms with Gasteiger partial charge in [-0.3, -0.25) is 14.8 Å². The van der Waals surface area contributed by atoms with Crippen molar-refractivity contribution in [2.45, 2.75) is 18.8 Å². The highest BCUT2D eigenvalue weighted by molar-refractivity contribution is 6.06. The van der Waals surface area contributed by atoms with Crippen molar-refractivity contribution in [3.8, 4) is 0 Å². The van der Waals surface area contributed by atoms with Crippen LogP contribution in [0.3, 0.4) is 0 Å². The molecule has 1 aromatic heterocycles. The molecule has 3 atom stereocenters. The first-order chi connectivity index (χ1) is 12.9. The number of nitrogens with zero attached hydrogens (tertiary/aromatic N) is 1. The number of aryl methyl sites for hydroxylation is 1. The fraction of sp³-hybridized carbons (Fsp3) is 0.368. The smallest absolute Gasteiger partial charge is 0.322 e. The lowest BCUT2D eigenvalue weighted by Gasteiger charge is -2.38. The highest BCUT2D eigenvalue weighted by Crippen LogP contribution is 2.51. The van der Waals surface area contributed by atoms with Gasteiger partial charge in [0, 0.05) is 19.0 Å². The van der Waals surface area contributed by atoms with E-state index in [-0.39, 0.29) is 17.5 Å². The number of benzene rings is 1. The number of carbonyl (C=O) groups is 2. The number of amides is 1. The van der Waals surface area contributed by atoms with E-state index in [1.165, 1.54) is 13.4 Å². The monoisotopic (exact) mass is 373 g/mol. The highest BCUT2D eigenvalue weighted by atomic mass is 16.8. The van der Waals surface area contributed by atoms with Crippen LogP contribution in [-0.4, -0.2) is 42.5 Å². The lowest BCUT2D eigenvalue weighted by Crippen LogP contribution is -2.50. The molecule has 3 rings (SSSR count). The zero-order valence-electron chi connectivity index (χ0n) is 15.0. The Labute approximate surface area is 156 Å². The van der Waals surface area contributed by atoms with Crippen LogP contribution in [0, 0.1) is 17.5 Å².